The summed E-state index contributed by atoms with van der Waals surface area (Å²) in [6.45, 7) is 0.452. The highest BCUT2D eigenvalue weighted by Crippen LogP contribution is 2.25. The van der Waals surface area contributed by atoms with Gasteiger partial charge in [0, 0.05) is 30.0 Å². The number of nitrogens with zero attached hydrogens (tertiary/aromatic N) is 1. The lowest BCUT2D eigenvalue weighted by Crippen LogP contribution is -2.29. The summed E-state index contributed by atoms with van der Waals surface area (Å²) in [4.78, 5) is 3.88. The zero-order valence-corrected chi connectivity index (χ0v) is 15.9. The number of sulfonamides is 1. The van der Waals surface area contributed by atoms with Crippen LogP contribution in [0.2, 0.25) is 0 Å². The molecule has 130 valence electrons. The van der Waals surface area contributed by atoms with Crippen LogP contribution in [0.5, 0.6) is 0 Å². The van der Waals surface area contributed by atoms with Gasteiger partial charge in [0.1, 0.15) is 5.82 Å². The first kappa shape index (κ1) is 18.8. The Morgan fingerprint density at radius 2 is 1.83 bits per heavy atom. The van der Waals surface area contributed by atoms with Gasteiger partial charge in [-0.2, -0.15) is 0 Å². The van der Waals surface area contributed by atoms with Gasteiger partial charge in [-0.05, 0) is 46.3 Å². The van der Waals surface area contributed by atoms with Gasteiger partial charge < -0.3 is 5.32 Å². The molecule has 0 atom stereocenters. The first-order valence-corrected chi connectivity index (χ1v) is 11.0. The summed E-state index contributed by atoms with van der Waals surface area (Å²) < 4.78 is 50.6. The topological polar surface area (TPSA) is 105 Å². The normalized spacial score (nSPS) is 12.1. The minimum atomic E-state index is -3.85. The van der Waals surface area contributed by atoms with E-state index in [1.54, 1.807) is 18.3 Å². The molecule has 0 saturated carbocycles. The maximum atomic E-state index is 12.4. The number of anilines is 1. The monoisotopic (exact) mass is 433 g/mol. The van der Waals surface area contributed by atoms with Crippen LogP contribution in [0.15, 0.2) is 56.9 Å². The number of halogens is 1. The molecule has 10 heteroatoms. The van der Waals surface area contributed by atoms with Gasteiger partial charge in [0.25, 0.3) is 0 Å². The molecule has 0 spiro atoms. The van der Waals surface area contributed by atoms with Gasteiger partial charge in [0.15, 0.2) is 9.84 Å². The Kier molecular flexibility index (Phi) is 5.97. The lowest BCUT2D eigenvalue weighted by atomic mass is 10.4. The van der Waals surface area contributed by atoms with Crippen LogP contribution in [-0.4, -0.2) is 41.2 Å². The van der Waals surface area contributed by atoms with Crippen LogP contribution in [0.25, 0.3) is 0 Å². The maximum absolute atomic E-state index is 12.4. The molecule has 0 saturated heterocycles. The van der Waals surface area contributed by atoms with Crippen molar-refractivity contribution in [2.45, 2.75) is 9.79 Å². The molecule has 2 N–H and O–H groups in total. The number of sulfone groups is 1. The van der Waals surface area contributed by atoms with Crippen LogP contribution >= 0.6 is 15.9 Å². The quantitative estimate of drug-likeness (QED) is 0.642. The molecule has 24 heavy (non-hydrogen) atoms. The van der Waals surface area contributed by atoms with Gasteiger partial charge in [-0.3, -0.25) is 0 Å². The molecule has 1 aromatic heterocycles. The van der Waals surface area contributed by atoms with Crippen LogP contribution in [0, 0.1) is 0 Å². The maximum Gasteiger partial charge on any atom is 0.241 e. The fourth-order valence-corrected chi connectivity index (χ4v) is 4.58. The second kappa shape index (κ2) is 7.60. The van der Waals surface area contributed by atoms with Crippen LogP contribution in [-0.2, 0) is 19.9 Å². The van der Waals surface area contributed by atoms with Crippen molar-refractivity contribution in [3.8, 4) is 0 Å². The standard InChI is InChI=1S/C14H16BrN3O4S2/c1-23(19,20)11-5-6-12(15)13(10-11)24(21,22)18-9-8-17-14-4-2-3-7-16-14/h2-7,10,18H,8-9H2,1H3,(H,16,17). The van der Waals surface area contributed by atoms with Crippen molar-refractivity contribution < 1.29 is 16.8 Å². The van der Waals surface area contributed by atoms with Crippen LogP contribution in [0.3, 0.4) is 0 Å². The van der Waals surface area contributed by atoms with Gasteiger partial charge in [-0.15, -0.1) is 0 Å². The third-order valence-corrected chi connectivity index (χ3v) is 6.57. The highest BCUT2D eigenvalue weighted by Gasteiger charge is 2.20. The number of hydrogen-bond donors (Lipinski definition) is 2. The summed E-state index contributed by atoms with van der Waals surface area (Å²) in [5.74, 6) is 0.636. The Morgan fingerprint density at radius 3 is 2.46 bits per heavy atom. The summed E-state index contributed by atoms with van der Waals surface area (Å²) in [6.07, 6.45) is 2.65. The fourth-order valence-electron chi connectivity index (χ4n) is 1.84. The van der Waals surface area contributed by atoms with E-state index in [1.807, 2.05) is 6.07 Å². The highest BCUT2D eigenvalue weighted by atomic mass is 79.9. The van der Waals surface area contributed by atoms with Gasteiger partial charge in [-0.25, -0.2) is 26.5 Å². The molecule has 0 aliphatic rings. The molecule has 0 unspecified atom stereocenters. The van der Waals surface area contributed by atoms with Crippen molar-refractivity contribution in [2.75, 3.05) is 24.7 Å². The Morgan fingerprint density at radius 1 is 1.08 bits per heavy atom. The van der Waals surface area contributed by atoms with Gasteiger partial charge in [0.05, 0.1) is 9.79 Å². The fraction of sp³-hybridized carbons (Fsp3) is 0.214. The molecule has 1 aromatic carbocycles. The number of pyridine rings is 1. The van der Waals surface area contributed by atoms with Crippen molar-refractivity contribution in [3.63, 3.8) is 0 Å². The van der Waals surface area contributed by atoms with E-state index in [0.29, 0.717) is 16.8 Å². The van der Waals surface area contributed by atoms with Crippen molar-refractivity contribution in [3.05, 3.63) is 47.1 Å². The van der Waals surface area contributed by atoms with Crippen molar-refractivity contribution in [2.24, 2.45) is 0 Å². The molecule has 7 nitrogen and oxygen atoms in total. The van der Waals surface area contributed by atoms with Crippen molar-refractivity contribution in [1.82, 2.24) is 9.71 Å². The van der Waals surface area contributed by atoms with Crippen LogP contribution in [0.1, 0.15) is 0 Å². The Hall–Kier alpha value is -1.49. The molecule has 0 bridgehead atoms. The molecule has 1 heterocycles. The smallest absolute Gasteiger partial charge is 0.241 e. The van der Waals surface area contributed by atoms with Crippen LogP contribution < -0.4 is 10.0 Å². The second-order valence-electron chi connectivity index (χ2n) is 4.90. The number of hydrogen-bond acceptors (Lipinski definition) is 6. The Bertz CT molecular complexity index is 916. The first-order chi connectivity index (χ1) is 11.2. The molecule has 2 rings (SSSR count). The minimum absolute atomic E-state index is 0.0577. The lowest BCUT2D eigenvalue weighted by Gasteiger charge is -2.10. The van der Waals surface area contributed by atoms with E-state index in [0.717, 1.165) is 12.3 Å². The Labute approximate surface area is 149 Å². The first-order valence-electron chi connectivity index (χ1n) is 6.84. The van der Waals surface area contributed by atoms with Crippen LogP contribution in [0.4, 0.5) is 5.82 Å². The summed E-state index contributed by atoms with van der Waals surface area (Å²) in [6, 6.07) is 9.24. The van der Waals surface area contributed by atoms with Crippen molar-refractivity contribution in [1.29, 1.82) is 0 Å². The minimum Gasteiger partial charge on any atom is -0.369 e. The van der Waals surface area contributed by atoms with E-state index in [4.69, 9.17) is 0 Å². The molecule has 0 aliphatic heterocycles. The van der Waals surface area contributed by atoms with E-state index in [1.165, 1.54) is 12.1 Å². The van der Waals surface area contributed by atoms with E-state index in [-0.39, 0.29) is 16.3 Å². The number of nitrogens with one attached hydrogen (secondary N) is 2. The molecule has 2 aromatic rings. The predicted octanol–water partition coefficient (Wildman–Crippen LogP) is 1.64. The summed E-state index contributed by atoms with van der Waals surface area (Å²) in [5.41, 5.74) is 0. The number of benzene rings is 1. The molecule has 0 amide bonds. The van der Waals surface area contributed by atoms with E-state index >= 15 is 0 Å². The number of rotatable bonds is 7. The highest BCUT2D eigenvalue weighted by molar-refractivity contribution is 9.10. The summed E-state index contributed by atoms with van der Waals surface area (Å²) in [5, 5.41) is 2.97. The average molecular weight is 434 g/mol. The predicted molar refractivity (Wildman–Crippen MR) is 95.2 cm³/mol. The van der Waals surface area contributed by atoms with Crippen molar-refractivity contribution >= 4 is 41.6 Å². The lowest BCUT2D eigenvalue weighted by molar-refractivity contribution is 0.582. The SMILES string of the molecule is CS(=O)(=O)c1ccc(Br)c(S(=O)(=O)NCCNc2ccccn2)c1. The average Bonchev–Trinajstić information content (AvgIpc) is 2.52. The zero-order valence-electron chi connectivity index (χ0n) is 12.7. The molecule has 0 aliphatic carbocycles. The second-order valence-corrected chi connectivity index (χ2v) is 9.51. The van der Waals surface area contributed by atoms with E-state index in [9.17, 15) is 16.8 Å². The zero-order chi connectivity index (χ0) is 17.8. The molecule has 0 radical (unpaired) electrons. The molecule has 0 fully saturated rings. The number of aromatic nitrogens is 1. The van der Waals surface area contributed by atoms with Gasteiger partial charge in [0.2, 0.25) is 10.0 Å². The molecular weight excluding hydrogens is 418 g/mol. The Balaban J connectivity index is 2.07. The summed E-state index contributed by atoms with van der Waals surface area (Å²) >= 11 is 3.14. The summed E-state index contributed by atoms with van der Waals surface area (Å²) in [7, 11) is -7.35. The molecular formula is C14H16BrN3O4S2. The van der Waals surface area contributed by atoms with E-state index < -0.39 is 19.9 Å². The van der Waals surface area contributed by atoms with E-state index in [2.05, 4.69) is 31.0 Å². The largest absolute Gasteiger partial charge is 0.369 e. The third-order valence-electron chi connectivity index (χ3n) is 3.01. The third kappa shape index (κ3) is 5.00. The van der Waals surface area contributed by atoms with Gasteiger partial charge >= 0.3 is 0 Å². The van der Waals surface area contributed by atoms with Gasteiger partial charge in [-0.1, -0.05) is 6.07 Å².